The zero-order valence-electron chi connectivity index (χ0n) is 42.1. The number of nitrogens with one attached hydrogen (secondary N) is 1. The maximum Gasteiger partial charge on any atom is 0.410 e. The first kappa shape index (κ1) is 49.6. The van der Waals surface area contributed by atoms with Gasteiger partial charge in [0.1, 0.15) is 32.0 Å². The highest BCUT2D eigenvalue weighted by atomic mass is 16.6. The van der Waals surface area contributed by atoms with E-state index in [0.717, 1.165) is 140 Å². The summed E-state index contributed by atoms with van der Waals surface area (Å²) in [7, 11) is 0. The molecule has 4 aliphatic heterocycles. The van der Waals surface area contributed by atoms with Crippen LogP contribution in [0, 0.1) is 13.8 Å². The van der Waals surface area contributed by atoms with Gasteiger partial charge in [0.25, 0.3) is 11.1 Å². The smallest absolute Gasteiger partial charge is 0.410 e. The molecule has 2 saturated heterocycles. The number of nitrogens with zero attached hydrogens (tertiary/aromatic N) is 5. The summed E-state index contributed by atoms with van der Waals surface area (Å²) in [5.41, 5.74) is 5.84. The predicted octanol–water partition coefficient (Wildman–Crippen LogP) is 8.32. The number of ether oxygens (including phenoxy) is 5. The van der Waals surface area contributed by atoms with Crippen LogP contribution in [0.5, 0.6) is 23.0 Å². The maximum absolute atomic E-state index is 13.3. The molecule has 0 unspecified atom stereocenters. The molecule has 0 aliphatic carbocycles. The van der Waals surface area contributed by atoms with Crippen LogP contribution in [0.25, 0.3) is 21.8 Å². The summed E-state index contributed by atoms with van der Waals surface area (Å²) in [4.78, 5) is 45.5. The van der Waals surface area contributed by atoms with Gasteiger partial charge in [0.2, 0.25) is 0 Å². The summed E-state index contributed by atoms with van der Waals surface area (Å²) in [6.07, 6.45) is 3.62. The van der Waals surface area contributed by atoms with E-state index in [-0.39, 0.29) is 23.3 Å². The lowest BCUT2D eigenvalue weighted by Crippen LogP contribution is -2.49. The van der Waals surface area contributed by atoms with E-state index in [9.17, 15) is 14.4 Å². The summed E-state index contributed by atoms with van der Waals surface area (Å²) in [6.45, 7) is 20.1. The molecule has 0 radical (unpaired) electrons. The lowest BCUT2D eigenvalue weighted by molar-refractivity contribution is 0.00562. The van der Waals surface area contributed by atoms with Gasteiger partial charge in [-0.25, -0.2) is 4.79 Å². The van der Waals surface area contributed by atoms with E-state index in [1.165, 1.54) is 5.56 Å². The van der Waals surface area contributed by atoms with E-state index >= 15 is 0 Å². The number of aryl methyl sites for hydroxylation is 2. The quantitative estimate of drug-likeness (QED) is 0.127. The molecule has 1 N–H and O–H groups in total. The third-order valence-electron chi connectivity index (χ3n) is 14.1. The van der Waals surface area contributed by atoms with Crippen LogP contribution in [0.2, 0.25) is 0 Å². The third-order valence-corrected chi connectivity index (χ3v) is 14.1. The highest BCUT2D eigenvalue weighted by molar-refractivity contribution is 5.83. The van der Waals surface area contributed by atoms with Crippen molar-refractivity contribution in [3.05, 3.63) is 140 Å². The van der Waals surface area contributed by atoms with Crippen molar-refractivity contribution in [2.24, 2.45) is 0 Å². The number of carbonyl (C=O) groups excluding carboxylic acids is 1. The molecular weight excluding hydrogens is 897 g/mol. The molecule has 10 rings (SSSR count). The van der Waals surface area contributed by atoms with Gasteiger partial charge < -0.3 is 52.8 Å². The summed E-state index contributed by atoms with van der Waals surface area (Å²) in [6, 6.07) is 32.4. The number of carbonyl (C=O) groups is 1. The fourth-order valence-electron chi connectivity index (χ4n) is 10.3. The Morgan fingerprint density at radius 1 is 0.606 bits per heavy atom. The zero-order chi connectivity index (χ0) is 49.5. The summed E-state index contributed by atoms with van der Waals surface area (Å²) < 4.78 is 32.3. The Bertz CT molecular complexity index is 2930. The molecule has 14 heteroatoms. The van der Waals surface area contributed by atoms with E-state index in [2.05, 4.69) is 45.4 Å². The van der Waals surface area contributed by atoms with Gasteiger partial charge >= 0.3 is 6.09 Å². The number of fused-ring (bicyclic) bond motifs is 4. The Kier molecular flexibility index (Phi) is 15.6. The Morgan fingerprint density at radius 2 is 1.07 bits per heavy atom. The van der Waals surface area contributed by atoms with Gasteiger partial charge in [-0.15, -0.1) is 0 Å². The van der Waals surface area contributed by atoms with Gasteiger partial charge in [-0.05, 0) is 132 Å². The van der Waals surface area contributed by atoms with Gasteiger partial charge in [-0.3, -0.25) is 9.59 Å². The molecule has 14 nitrogen and oxygen atoms in total. The number of hydrogen-bond acceptors (Lipinski definition) is 11. The second kappa shape index (κ2) is 22.4. The van der Waals surface area contributed by atoms with Gasteiger partial charge in [0.15, 0.2) is 23.0 Å². The van der Waals surface area contributed by atoms with Crippen LogP contribution in [0.15, 0.2) is 107 Å². The largest absolute Gasteiger partial charge is 0.486 e. The van der Waals surface area contributed by atoms with Crippen molar-refractivity contribution >= 4 is 27.9 Å². The van der Waals surface area contributed by atoms with Crippen LogP contribution in [0.1, 0.15) is 68.7 Å². The topological polar surface area (TPSA) is 129 Å². The van der Waals surface area contributed by atoms with Crippen LogP contribution in [0.3, 0.4) is 0 Å². The van der Waals surface area contributed by atoms with Crippen molar-refractivity contribution in [1.29, 1.82) is 0 Å². The Labute approximate surface area is 417 Å². The molecule has 0 bridgehead atoms. The standard InChI is InChI=1S/C31H39N3O5.C26H31N3O3/c1-22-19-29(35)33(26-8-6-5-7-25(22)26)16-15-32-13-11-24(12-14-32)34(30(36)39-31(2,3)4)21-23-9-10-27-28(20-23)38-18-17-37-27;1-19-16-26(30)29(23-5-3-2-4-22(19)23)13-12-28-10-8-21(9-11-28)27-18-20-6-7-24-25(17-20)32-15-14-31-24/h5-10,19-20,24H,11-18,21H2,1-4H3;2-7,16-17,21,27H,8-15,18H2,1H3. The first-order valence-electron chi connectivity index (χ1n) is 25.5. The molecular formula is C57H70N6O8. The Hall–Kier alpha value is -6.35. The molecule has 0 atom stereocenters. The Morgan fingerprint density at radius 3 is 1.59 bits per heavy atom. The minimum atomic E-state index is -0.576. The number of piperidine rings is 2. The minimum Gasteiger partial charge on any atom is -0.486 e. The molecule has 2 aromatic heterocycles. The molecule has 2 fully saturated rings. The molecule has 0 spiro atoms. The summed E-state index contributed by atoms with van der Waals surface area (Å²) in [5, 5.41) is 5.98. The number of rotatable bonds is 12. The minimum absolute atomic E-state index is 0.0385. The number of amides is 1. The molecule has 71 heavy (non-hydrogen) atoms. The van der Waals surface area contributed by atoms with Crippen molar-refractivity contribution in [1.82, 2.24) is 29.2 Å². The van der Waals surface area contributed by atoms with Gasteiger partial charge in [0, 0.05) is 87.3 Å². The van der Waals surface area contributed by atoms with Crippen molar-refractivity contribution in [2.45, 2.75) is 104 Å². The van der Waals surface area contributed by atoms with Crippen LogP contribution >= 0.6 is 0 Å². The van der Waals surface area contributed by atoms with Crippen LogP contribution < -0.4 is 35.4 Å². The van der Waals surface area contributed by atoms with E-state index in [1.807, 2.05) is 103 Å². The Balaban J connectivity index is 0.000000179. The first-order chi connectivity index (χ1) is 34.3. The highest BCUT2D eigenvalue weighted by Crippen LogP contribution is 2.33. The second-order valence-corrected chi connectivity index (χ2v) is 20.3. The summed E-state index contributed by atoms with van der Waals surface area (Å²) >= 11 is 0. The zero-order valence-corrected chi connectivity index (χ0v) is 42.1. The van der Waals surface area contributed by atoms with Gasteiger partial charge in [-0.2, -0.15) is 0 Å². The lowest BCUT2D eigenvalue weighted by Gasteiger charge is -2.39. The maximum atomic E-state index is 13.3. The number of likely N-dealkylation sites (tertiary alicyclic amines) is 2. The molecule has 1 amide bonds. The van der Waals surface area contributed by atoms with Gasteiger partial charge in [0.05, 0.1) is 11.0 Å². The summed E-state index contributed by atoms with van der Waals surface area (Å²) in [5.74, 6) is 3.15. The monoisotopic (exact) mass is 967 g/mol. The molecule has 6 heterocycles. The van der Waals surface area contributed by atoms with E-state index < -0.39 is 5.60 Å². The lowest BCUT2D eigenvalue weighted by atomic mass is 10.0. The molecule has 4 aliphatic rings. The average molecular weight is 967 g/mol. The molecule has 0 saturated carbocycles. The van der Waals surface area contributed by atoms with Crippen LogP contribution in [0.4, 0.5) is 4.79 Å². The molecule has 4 aromatic carbocycles. The second-order valence-electron chi connectivity index (χ2n) is 20.3. The normalized spacial score (nSPS) is 16.6. The van der Waals surface area contributed by atoms with Crippen molar-refractivity contribution < 1.29 is 28.5 Å². The van der Waals surface area contributed by atoms with Crippen molar-refractivity contribution in [3.63, 3.8) is 0 Å². The van der Waals surface area contributed by atoms with Crippen molar-refractivity contribution in [3.8, 4) is 23.0 Å². The van der Waals surface area contributed by atoms with Gasteiger partial charge in [-0.1, -0.05) is 48.5 Å². The fourth-order valence-corrected chi connectivity index (χ4v) is 10.3. The average Bonchev–Trinajstić information content (AvgIpc) is 3.37. The number of benzene rings is 4. The first-order valence-corrected chi connectivity index (χ1v) is 25.5. The SMILES string of the molecule is Cc1cc(=O)n(CCN2CCC(N(Cc3ccc4c(c3)OCCO4)C(=O)OC(C)(C)C)CC2)c2ccccc12.Cc1cc(=O)n(CCN2CCC(NCc3ccc4c(c3)OCCO4)CC2)c2ccccc12. The third kappa shape index (κ3) is 12.4. The molecule has 6 aromatic rings. The fraction of sp³-hybridized carbons (Fsp3) is 0.456. The van der Waals surface area contributed by atoms with E-state index in [0.29, 0.717) is 45.6 Å². The predicted molar refractivity (Wildman–Crippen MR) is 278 cm³/mol. The van der Waals surface area contributed by atoms with Crippen LogP contribution in [-0.2, 0) is 30.9 Å². The molecule has 376 valence electrons. The number of aromatic nitrogens is 2. The number of pyridine rings is 2. The van der Waals surface area contributed by atoms with Crippen molar-refractivity contribution in [2.75, 3.05) is 65.7 Å². The van der Waals surface area contributed by atoms with E-state index in [4.69, 9.17) is 23.7 Å². The number of hydrogen-bond donors (Lipinski definition) is 1. The van der Waals surface area contributed by atoms with E-state index in [1.54, 1.807) is 12.1 Å². The highest BCUT2D eigenvalue weighted by Gasteiger charge is 2.32. The van der Waals surface area contributed by atoms with Crippen LogP contribution in [-0.4, -0.2) is 113 Å². The number of para-hydroxylation sites is 2.